The molecule has 0 aromatic heterocycles. The first-order chi connectivity index (χ1) is 34.8. The van der Waals surface area contributed by atoms with E-state index in [1.54, 1.807) is 0 Å². The smallest absolute Gasteiger partial charge is 0.262 e. The van der Waals surface area contributed by atoms with Crippen LogP contribution in [0, 0.1) is 0 Å². The molecule has 0 aliphatic carbocycles. The molecule has 0 saturated carbocycles. The highest BCUT2D eigenvalue weighted by Gasteiger charge is 2.57. The molecule has 17 rings (SSSR count). The first-order valence-electron chi connectivity index (χ1n) is 24.2. The molecule has 6 aliphatic rings. The zero-order chi connectivity index (χ0) is 45.3. The number of para-hydroxylation sites is 4. The third-order valence-electron chi connectivity index (χ3n) is 15.7. The van der Waals surface area contributed by atoms with Gasteiger partial charge in [-0.3, -0.25) is 0 Å². The minimum Gasteiger partial charge on any atom is -0.456 e. The second kappa shape index (κ2) is 13.3. The van der Waals surface area contributed by atoms with Crippen LogP contribution in [0.4, 0.5) is 68.2 Å². The van der Waals surface area contributed by atoms with E-state index >= 15 is 0 Å². The number of nitrogens with zero attached hydrogens (tertiary/aromatic N) is 4. The molecule has 0 unspecified atom stereocenters. The van der Waals surface area contributed by atoms with Gasteiger partial charge in [0.05, 0.1) is 22.7 Å². The highest BCUT2D eigenvalue weighted by Crippen LogP contribution is 2.59. The van der Waals surface area contributed by atoms with Gasteiger partial charge in [0.1, 0.15) is 23.0 Å². The summed E-state index contributed by atoms with van der Waals surface area (Å²) in [5.41, 5.74) is 20.3. The largest absolute Gasteiger partial charge is 0.456 e. The fourth-order valence-corrected chi connectivity index (χ4v) is 13.1. The molecule has 0 N–H and O–H groups in total. The zero-order valence-corrected chi connectivity index (χ0v) is 37.5. The Hall–Kier alpha value is -9.13. The van der Waals surface area contributed by atoms with Crippen LogP contribution >= 0.6 is 0 Å². The van der Waals surface area contributed by atoms with Gasteiger partial charge >= 0.3 is 0 Å². The second-order valence-electron chi connectivity index (χ2n) is 19.1. The molecule has 8 heteroatoms. The lowest BCUT2D eigenvalue weighted by Crippen LogP contribution is -2.67. The monoisotopic (exact) mass is 890 g/mol. The molecule has 6 aliphatic heterocycles. The van der Waals surface area contributed by atoms with Crippen molar-refractivity contribution in [2.75, 3.05) is 19.6 Å². The SMILES string of the molecule is c1ccc(N2c3cc4ccccc4c4c3B3c5c(cccc5N4c4ccccc4)Oc4c3c2c2c3c4N(c4ccccc4)c4cc5ccccc5c5c4B3c3c(cccc3N5c3ccccc3)O2)cc1. The lowest BCUT2D eigenvalue weighted by atomic mass is 9.29. The third kappa shape index (κ3) is 4.52. The number of hydrogen-bond acceptors (Lipinski definition) is 6. The molecule has 0 atom stereocenters. The Morgan fingerprint density at radius 3 is 1.00 bits per heavy atom. The molecule has 322 valence electrons. The summed E-state index contributed by atoms with van der Waals surface area (Å²) in [6.07, 6.45) is 0. The fourth-order valence-electron chi connectivity index (χ4n) is 13.1. The van der Waals surface area contributed by atoms with E-state index in [0.717, 1.165) is 102 Å². The number of benzene rings is 11. The summed E-state index contributed by atoms with van der Waals surface area (Å²) in [6, 6.07) is 79.4. The van der Waals surface area contributed by atoms with Crippen molar-refractivity contribution in [3.05, 3.63) is 218 Å². The van der Waals surface area contributed by atoms with E-state index in [4.69, 9.17) is 9.47 Å². The maximum absolute atomic E-state index is 7.79. The van der Waals surface area contributed by atoms with Crippen LogP contribution in [0.15, 0.2) is 218 Å². The van der Waals surface area contributed by atoms with Gasteiger partial charge in [-0.1, -0.05) is 133 Å². The van der Waals surface area contributed by atoms with Gasteiger partial charge in [0.25, 0.3) is 13.4 Å². The molecule has 0 fully saturated rings. The van der Waals surface area contributed by atoms with Crippen molar-refractivity contribution in [1.82, 2.24) is 0 Å². The van der Waals surface area contributed by atoms with E-state index in [-0.39, 0.29) is 13.4 Å². The standard InChI is InChI=1S/C62H36B2N4O2/c1-5-21-39(22-6-1)65-45-31-17-33-49-51(45)63-53-47(35-37-19-13-15-29-43(37)57(53)65)67(41-25-9-3-10-26-41)59-55(63)61(69-49)60-56-62(59)70-50-34-18-32-46-52(50)64(56)54-48(68(60)42-27-11-4-12-28-42)36-38-20-14-16-30-44(38)58(54)66(46)40-23-7-2-8-24-40/h1-36H. The first-order valence-corrected chi connectivity index (χ1v) is 24.2. The van der Waals surface area contributed by atoms with Crippen molar-refractivity contribution in [3.8, 4) is 23.0 Å². The summed E-state index contributed by atoms with van der Waals surface area (Å²) >= 11 is 0. The average Bonchev–Trinajstić information content (AvgIpc) is 3.42. The highest BCUT2D eigenvalue weighted by molar-refractivity contribution is 7.04. The number of anilines is 12. The van der Waals surface area contributed by atoms with Crippen LogP contribution in [-0.4, -0.2) is 13.4 Å². The third-order valence-corrected chi connectivity index (χ3v) is 15.7. The Bertz CT molecular complexity index is 3850. The van der Waals surface area contributed by atoms with Crippen LogP contribution in [0.25, 0.3) is 21.5 Å². The highest BCUT2D eigenvalue weighted by atomic mass is 16.5. The van der Waals surface area contributed by atoms with Gasteiger partial charge in [-0.05, 0) is 118 Å². The summed E-state index contributed by atoms with van der Waals surface area (Å²) < 4.78 is 15.6. The number of ether oxygens (including phenoxy) is 2. The minimum absolute atomic E-state index is 0.191. The normalized spacial score (nSPS) is 14.3. The van der Waals surface area contributed by atoms with E-state index in [1.807, 2.05) is 0 Å². The quantitative estimate of drug-likeness (QED) is 0.164. The van der Waals surface area contributed by atoms with Crippen LogP contribution in [0.1, 0.15) is 0 Å². The molecule has 11 aromatic rings. The molecule has 0 spiro atoms. The van der Waals surface area contributed by atoms with Gasteiger partial charge < -0.3 is 29.1 Å². The number of fused-ring (bicyclic) bond motifs is 6. The van der Waals surface area contributed by atoms with E-state index in [1.165, 1.54) is 43.8 Å². The van der Waals surface area contributed by atoms with Crippen molar-refractivity contribution in [3.63, 3.8) is 0 Å². The number of hydrogen-bond donors (Lipinski definition) is 0. The summed E-state index contributed by atoms with van der Waals surface area (Å²) in [6.45, 7) is -0.382. The van der Waals surface area contributed by atoms with Crippen molar-refractivity contribution in [2.45, 2.75) is 0 Å². The molecule has 0 bridgehead atoms. The predicted octanol–water partition coefficient (Wildman–Crippen LogP) is 12.4. The lowest BCUT2D eigenvalue weighted by molar-refractivity contribution is 0.477. The second-order valence-corrected chi connectivity index (χ2v) is 19.1. The molecule has 11 aromatic carbocycles. The molecule has 6 nitrogen and oxygen atoms in total. The Balaban J connectivity index is 1.08. The van der Waals surface area contributed by atoms with Gasteiger partial charge in [-0.2, -0.15) is 0 Å². The van der Waals surface area contributed by atoms with Gasteiger partial charge in [-0.15, -0.1) is 0 Å². The van der Waals surface area contributed by atoms with Gasteiger partial charge in [-0.25, -0.2) is 0 Å². The molecule has 0 saturated heterocycles. The molecule has 70 heavy (non-hydrogen) atoms. The van der Waals surface area contributed by atoms with E-state index in [2.05, 4.69) is 238 Å². The molecular formula is C62H36B2N4O2. The molecule has 0 amide bonds. The molecule has 0 radical (unpaired) electrons. The topological polar surface area (TPSA) is 31.4 Å². The van der Waals surface area contributed by atoms with E-state index in [0.29, 0.717) is 0 Å². The lowest BCUT2D eigenvalue weighted by Gasteiger charge is -2.51. The Morgan fingerprint density at radius 2 is 0.614 bits per heavy atom. The van der Waals surface area contributed by atoms with E-state index < -0.39 is 0 Å². The van der Waals surface area contributed by atoms with Crippen molar-refractivity contribution < 1.29 is 9.47 Å². The van der Waals surface area contributed by atoms with Crippen LogP contribution in [0.2, 0.25) is 0 Å². The Labute approximate surface area is 404 Å². The van der Waals surface area contributed by atoms with Crippen LogP contribution < -0.4 is 61.9 Å². The van der Waals surface area contributed by atoms with Crippen molar-refractivity contribution in [1.29, 1.82) is 0 Å². The Morgan fingerprint density at radius 1 is 0.271 bits per heavy atom. The minimum atomic E-state index is -0.191. The summed E-state index contributed by atoms with van der Waals surface area (Å²) in [7, 11) is 0. The molecular weight excluding hydrogens is 854 g/mol. The zero-order valence-electron chi connectivity index (χ0n) is 37.5. The summed E-state index contributed by atoms with van der Waals surface area (Å²) in [5.74, 6) is 3.46. The maximum atomic E-state index is 7.79. The van der Waals surface area contributed by atoms with Crippen molar-refractivity contribution in [2.24, 2.45) is 0 Å². The first kappa shape index (κ1) is 36.9. The van der Waals surface area contributed by atoms with Crippen LogP contribution in [-0.2, 0) is 0 Å². The molecule has 6 heterocycles. The average molecular weight is 891 g/mol. The Kier molecular flexibility index (Phi) is 7.02. The van der Waals surface area contributed by atoms with E-state index in [9.17, 15) is 0 Å². The number of rotatable bonds is 4. The van der Waals surface area contributed by atoms with Crippen LogP contribution in [0.3, 0.4) is 0 Å². The summed E-state index contributed by atoms with van der Waals surface area (Å²) in [4.78, 5) is 9.96. The van der Waals surface area contributed by atoms with Gasteiger partial charge in [0, 0.05) is 67.2 Å². The predicted molar refractivity (Wildman–Crippen MR) is 290 cm³/mol. The summed E-state index contributed by atoms with van der Waals surface area (Å²) in [5, 5.41) is 4.74. The maximum Gasteiger partial charge on any atom is 0.262 e. The fraction of sp³-hybridized carbons (Fsp3) is 0. The van der Waals surface area contributed by atoms with Crippen molar-refractivity contribution >= 4 is 136 Å². The van der Waals surface area contributed by atoms with Crippen LogP contribution in [0.5, 0.6) is 23.0 Å². The van der Waals surface area contributed by atoms with Gasteiger partial charge in [0.2, 0.25) is 0 Å². The van der Waals surface area contributed by atoms with Gasteiger partial charge in [0.15, 0.2) is 0 Å².